The average Bonchev–Trinajstić information content (AvgIpc) is 3.25. The maximum Gasteiger partial charge on any atom is 0.322 e. The molecule has 0 unspecified atom stereocenters. The zero-order valence-electron chi connectivity index (χ0n) is 12.8. The van der Waals surface area contributed by atoms with Crippen LogP contribution in [0.5, 0.6) is 0 Å². The van der Waals surface area contributed by atoms with Crippen LogP contribution >= 0.6 is 11.3 Å². The minimum absolute atomic E-state index is 0.231. The molecular formula is C17H15FN4OS. The SMILES string of the molecule is O=C(Nc1cc(F)ccc1-n1cccn1)N1CCc2sccc2C1. The summed E-state index contributed by atoms with van der Waals surface area (Å²) >= 11 is 1.73. The molecule has 0 bridgehead atoms. The smallest absolute Gasteiger partial charge is 0.320 e. The Kier molecular flexibility index (Phi) is 3.78. The van der Waals surface area contributed by atoms with Gasteiger partial charge in [-0.15, -0.1) is 11.3 Å². The van der Waals surface area contributed by atoms with E-state index in [2.05, 4.69) is 21.9 Å². The second-order valence-electron chi connectivity index (χ2n) is 5.58. The van der Waals surface area contributed by atoms with Crippen molar-refractivity contribution in [2.45, 2.75) is 13.0 Å². The number of carbonyl (C=O) groups is 1. The van der Waals surface area contributed by atoms with Crippen molar-refractivity contribution >= 4 is 23.1 Å². The van der Waals surface area contributed by atoms with Crippen molar-refractivity contribution in [1.82, 2.24) is 14.7 Å². The molecule has 4 rings (SSSR count). The summed E-state index contributed by atoms with van der Waals surface area (Å²) in [6.45, 7) is 1.24. The van der Waals surface area contributed by atoms with Crippen LogP contribution in [0.3, 0.4) is 0 Å². The van der Waals surface area contributed by atoms with Crippen LogP contribution in [0.1, 0.15) is 10.4 Å². The standard InChI is InChI=1S/C17H15FN4OS/c18-13-2-3-15(22-7-1-6-19-22)14(10-13)20-17(23)21-8-4-16-12(11-21)5-9-24-16/h1-3,5-7,9-10H,4,8,11H2,(H,20,23). The number of rotatable bonds is 2. The number of hydrogen-bond acceptors (Lipinski definition) is 3. The van der Waals surface area contributed by atoms with Crippen LogP contribution in [0.15, 0.2) is 48.1 Å². The molecule has 1 aliphatic rings. The molecule has 24 heavy (non-hydrogen) atoms. The van der Waals surface area contributed by atoms with Gasteiger partial charge in [-0.05, 0) is 47.7 Å². The monoisotopic (exact) mass is 342 g/mol. The Morgan fingerprint density at radius 3 is 3.08 bits per heavy atom. The molecule has 0 radical (unpaired) electrons. The van der Waals surface area contributed by atoms with E-state index in [0.29, 0.717) is 24.5 Å². The van der Waals surface area contributed by atoms with Crippen LogP contribution in [0.2, 0.25) is 0 Å². The molecule has 0 aliphatic carbocycles. The number of thiophene rings is 1. The molecule has 0 spiro atoms. The number of nitrogens with one attached hydrogen (secondary N) is 1. The van der Waals surface area contributed by atoms with Gasteiger partial charge < -0.3 is 10.2 Å². The average molecular weight is 342 g/mol. The Labute approximate surface area is 142 Å². The van der Waals surface area contributed by atoms with Crippen molar-refractivity contribution < 1.29 is 9.18 Å². The Morgan fingerprint density at radius 2 is 2.25 bits per heavy atom. The van der Waals surface area contributed by atoms with E-state index in [4.69, 9.17) is 0 Å². The topological polar surface area (TPSA) is 50.2 Å². The zero-order chi connectivity index (χ0) is 16.5. The van der Waals surface area contributed by atoms with Gasteiger partial charge in [-0.25, -0.2) is 13.9 Å². The lowest BCUT2D eigenvalue weighted by molar-refractivity contribution is 0.207. The van der Waals surface area contributed by atoms with Gasteiger partial charge in [-0.1, -0.05) is 0 Å². The summed E-state index contributed by atoms with van der Waals surface area (Å²) < 4.78 is 15.2. The number of anilines is 1. The number of amides is 2. The number of hydrogen-bond donors (Lipinski definition) is 1. The minimum Gasteiger partial charge on any atom is -0.320 e. The van der Waals surface area contributed by atoms with Gasteiger partial charge in [-0.2, -0.15) is 5.10 Å². The summed E-state index contributed by atoms with van der Waals surface area (Å²) in [6, 6.07) is 7.87. The van der Waals surface area contributed by atoms with Gasteiger partial charge in [0.15, 0.2) is 0 Å². The molecular weight excluding hydrogens is 327 g/mol. The first kappa shape index (κ1) is 14.9. The predicted octanol–water partition coefficient (Wildman–Crippen LogP) is 3.66. The van der Waals surface area contributed by atoms with Crippen LogP contribution in [0.4, 0.5) is 14.9 Å². The number of fused-ring (bicyclic) bond motifs is 1. The highest BCUT2D eigenvalue weighted by molar-refractivity contribution is 7.10. The molecule has 0 saturated heterocycles. The third-order valence-electron chi connectivity index (χ3n) is 4.05. The molecule has 3 aromatic rings. The highest BCUT2D eigenvalue weighted by Gasteiger charge is 2.22. The first-order valence-corrected chi connectivity index (χ1v) is 8.49. The van der Waals surface area contributed by atoms with Crippen molar-refractivity contribution in [3.05, 3.63) is 64.4 Å². The predicted molar refractivity (Wildman–Crippen MR) is 91.0 cm³/mol. The number of carbonyl (C=O) groups excluding carboxylic acids is 1. The van der Waals surface area contributed by atoms with Crippen molar-refractivity contribution in [3.63, 3.8) is 0 Å². The molecule has 7 heteroatoms. The maximum atomic E-state index is 13.6. The molecule has 0 saturated carbocycles. The third-order valence-corrected chi connectivity index (χ3v) is 5.07. The first-order chi connectivity index (χ1) is 11.7. The van der Waals surface area contributed by atoms with Crippen molar-refractivity contribution in [1.29, 1.82) is 0 Å². The van der Waals surface area contributed by atoms with E-state index in [-0.39, 0.29) is 6.03 Å². The number of halogens is 1. The molecule has 2 aromatic heterocycles. The van der Waals surface area contributed by atoms with E-state index in [0.717, 1.165) is 6.42 Å². The second kappa shape index (κ2) is 6.09. The van der Waals surface area contributed by atoms with E-state index in [1.54, 1.807) is 45.4 Å². The summed E-state index contributed by atoms with van der Waals surface area (Å²) in [5.41, 5.74) is 2.22. The number of nitrogens with zero attached hydrogens (tertiary/aromatic N) is 3. The van der Waals surface area contributed by atoms with Gasteiger partial charge in [0.1, 0.15) is 5.82 Å². The van der Waals surface area contributed by atoms with E-state index in [1.807, 2.05) is 0 Å². The fourth-order valence-corrected chi connectivity index (χ4v) is 3.73. The fourth-order valence-electron chi connectivity index (χ4n) is 2.84. The molecule has 1 aliphatic heterocycles. The van der Waals surface area contributed by atoms with Crippen LogP contribution < -0.4 is 5.32 Å². The van der Waals surface area contributed by atoms with Gasteiger partial charge in [0.2, 0.25) is 0 Å². The van der Waals surface area contributed by atoms with Gasteiger partial charge in [0.25, 0.3) is 0 Å². The molecule has 0 fully saturated rings. The summed E-state index contributed by atoms with van der Waals surface area (Å²) in [5, 5.41) is 9.02. The number of urea groups is 1. The Morgan fingerprint density at radius 1 is 1.33 bits per heavy atom. The Bertz CT molecular complexity index is 875. The maximum absolute atomic E-state index is 13.6. The van der Waals surface area contributed by atoms with Crippen molar-refractivity contribution in [2.24, 2.45) is 0 Å². The largest absolute Gasteiger partial charge is 0.322 e. The molecule has 1 N–H and O–H groups in total. The molecule has 5 nitrogen and oxygen atoms in total. The summed E-state index contributed by atoms with van der Waals surface area (Å²) in [7, 11) is 0. The van der Waals surface area contributed by atoms with E-state index in [9.17, 15) is 9.18 Å². The van der Waals surface area contributed by atoms with Gasteiger partial charge in [-0.3, -0.25) is 0 Å². The van der Waals surface area contributed by atoms with E-state index >= 15 is 0 Å². The summed E-state index contributed by atoms with van der Waals surface area (Å²) in [4.78, 5) is 15.7. The third kappa shape index (κ3) is 2.78. The van der Waals surface area contributed by atoms with Gasteiger partial charge in [0, 0.05) is 30.4 Å². The van der Waals surface area contributed by atoms with E-state index < -0.39 is 5.82 Å². The number of aromatic nitrogens is 2. The van der Waals surface area contributed by atoms with Gasteiger partial charge >= 0.3 is 6.03 Å². The van der Waals surface area contributed by atoms with Crippen LogP contribution in [0.25, 0.3) is 5.69 Å². The molecule has 2 amide bonds. The molecule has 122 valence electrons. The van der Waals surface area contributed by atoms with Crippen LogP contribution in [-0.4, -0.2) is 27.3 Å². The quantitative estimate of drug-likeness (QED) is 0.773. The van der Waals surface area contributed by atoms with Gasteiger partial charge in [0.05, 0.1) is 11.4 Å². The van der Waals surface area contributed by atoms with Crippen molar-refractivity contribution in [3.8, 4) is 5.69 Å². The highest BCUT2D eigenvalue weighted by Crippen LogP contribution is 2.26. The lowest BCUT2D eigenvalue weighted by Gasteiger charge is -2.27. The Balaban J connectivity index is 1.57. The lowest BCUT2D eigenvalue weighted by atomic mass is 10.1. The second-order valence-corrected chi connectivity index (χ2v) is 6.58. The summed E-state index contributed by atoms with van der Waals surface area (Å²) in [5.74, 6) is -0.403. The zero-order valence-corrected chi connectivity index (χ0v) is 13.6. The van der Waals surface area contributed by atoms with Crippen LogP contribution in [-0.2, 0) is 13.0 Å². The molecule has 1 aromatic carbocycles. The minimum atomic E-state index is -0.403. The van der Waals surface area contributed by atoms with Crippen molar-refractivity contribution in [2.75, 3.05) is 11.9 Å². The lowest BCUT2D eigenvalue weighted by Crippen LogP contribution is -2.38. The van der Waals surface area contributed by atoms with Crippen LogP contribution in [0, 0.1) is 5.82 Å². The summed E-state index contributed by atoms with van der Waals surface area (Å²) in [6.07, 6.45) is 4.24. The van der Waals surface area contributed by atoms with E-state index in [1.165, 1.54) is 22.6 Å². The number of benzene rings is 1. The first-order valence-electron chi connectivity index (χ1n) is 7.61. The normalized spacial score (nSPS) is 13.6. The molecule has 3 heterocycles. The Hall–Kier alpha value is -2.67. The fraction of sp³-hybridized carbons (Fsp3) is 0.176. The molecule has 0 atom stereocenters. The highest BCUT2D eigenvalue weighted by atomic mass is 32.1.